The van der Waals surface area contributed by atoms with Crippen molar-refractivity contribution in [3.05, 3.63) is 36.4 Å². The molecular formula is C19H23NO4. The van der Waals surface area contributed by atoms with Crippen molar-refractivity contribution >= 4 is 28.3 Å². The number of carbonyl (C=O) groups is 2. The van der Waals surface area contributed by atoms with E-state index >= 15 is 0 Å². The van der Waals surface area contributed by atoms with Crippen LogP contribution in [0.2, 0.25) is 0 Å². The number of ether oxygens (including phenoxy) is 1. The summed E-state index contributed by atoms with van der Waals surface area (Å²) < 4.78 is 5.33. The van der Waals surface area contributed by atoms with Crippen molar-refractivity contribution in [1.82, 2.24) is 0 Å². The van der Waals surface area contributed by atoms with Crippen LogP contribution in [0, 0.1) is 11.8 Å². The van der Waals surface area contributed by atoms with E-state index in [1.54, 1.807) is 12.1 Å². The lowest BCUT2D eigenvalue weighted by atomic mass is 9.92. The van der Waals surface area contributed by atoms with Gasteiger partial charge in [0.05, 0.1) is 0 Å². The Morgan fingerprint density at radius 2 is 1.79 bits per heavy atom. The zero-order valence-corrected chi connectivity index (χ0v) is 14.2. The summed E-state index contributed by atoms with van der Waals surface area (Å²) >= 11 is 0. The summed E-state index contributed by atoms with van der Waals surface area (Å²) in [6.45, 7) is 5.65. The Hall–Kier alpha value is -2.56. The maximum atomic E-state index is 12.4. The van der Waals surface area contributed by atoms with E-state index in [1.807, 2.05) is 31.2 Å². The second-order valence-electron chi connectivity index (χ2n) is 6.00. The first kappa shape index (κ1) is 17.8. The first-order chi connectivity index (χ1) is 11.4. The highest BCUT2D eigenvalue weighted by Crippen LogP contribution is 2.32. The van der Waals surface area contributed by atoms with Crippen molar-refractivity contribution in [3.63, 3.8) is 0 Å². The molecule has 128 valence electrons. The number of benzene rings is 2. The highest BCUT2D eigenvalue weighted by Gasteiger charge is 2.20. The second kappa shape index (κ2) is 7.81. The van der Waals surface area contributed by atoms with Crippen LogP contribution in [-0.4, -0.2) is 23.6 Å². The van der Waals surface area contributed by atoms with Crippen molar-refractivity contribution in [1.29, 1.82) is 0 Å². The molecule has 0 fully saturated rings. The molecule has 2 aromatic carbocycles. The lowest BCUT2D eigenvalue weighted by molar-refractivity contribution is -0.139. The van der Waals surface area contributed by atoms with Crippen molar-refractivity contribution < 1.29 is 19.4 Å². The van der Waals surface area contributed by atoms with Gasteiger partial charge in [0.25, 0.3) is 0 Å². The fraction of sp³-hybridized carbons (Fsp3) is 0.368. The average molecular weight is 329 g/mol. The fourth-order valence-electron chi connectivity index (χ4n) is 2.50. The van der Waals surface area contributed by atoms with Crippen molar-refractivity contribution in [2.75, 3.05) is 11.9 Å². The number of carbonyl (C=O) groups excluding carboxylic acids is 1. The molecule has 0 aliphatic heterocycles. The summed E-state index contributed by atoms with van der Waals surface area (Å²) in [6, 6.07) is 10.9. The molecule has 2 atom stereocenters. The molecule has 0 saturated carbocycles. The molecule has 5 heteroatoms. The predicted octanol–water partition coefficient (Wildman–Crippen LogP) is 3.92. The minimum absolute atomic E-state index is 0.0197. The third kappa shape index (κ3) is 4.04. The van der Waals surface area contributed by atoms with E-state index in [-0.39, 0.29) is 11.8 Å². The van der Waals surface area contributed by atoms with Gasteiger partial charge in [0, 0.05) is 22.4 Å². The molecule has 0 radical (unpaired) electrons. The minimum atomic E-state index is -1.03. The quantitative estimate of drug-likeness (QED) is 0.807. The lowest BCUT2D eigenvalue weighted by Gasteiger charge is -2.19. The lowest BCUT2D eigenvalue weighted by Crippen LogP contribution is -2.25. The van der Waals surface area contributed by atoms with Gasteiger partial charge in [-0.1, -0.05) is 51.5 Å². The molecule has 1 amide bonds. The number of nitrogens with one attached hydrogen (secondary N) is 1. The topological polar surface area (TPSA) is 75.6 Å². The summed E-state index contributed by atoms with van der Waals surface area (Å²) in [4.78, 5) is 23.1. The summed E-state index contributed by atoms with van der Waals surface area (Å²) in [5, 5.41) is 13.4. The van der Waals surface area contributed by atoms with Crippen LogP contribution in [0.25, 0.3) is 10.8 Å². The predicted molar refractivity (Wildman–Crippen MR) is 94.3 cm³/mol. The fourth-order valence-corrected chi connectivity index (χ4v) is 2.50. The Kier molecular flexibility index (Phi) is 5.79. The van der Waals surface area contributed by atoms with E-state index in [9.17, 15) is 9.59 Å². The molecule has 2 aromatic rings. The van der Waals surface area contributed by atoms with Gasteiger partial charge in [0.2, 0.25) is 5.91 Å². The highest BCUT2D eigenvalue weighted by molar-refractivity contribution is 6.04. The molecule has 2 unspecified atom stereocenters. The summed E-state index contributed by atoms with van der Waals surface area (Å²) in [6.07, 6.45) is 0.942. The van der Waals surface area contributed by atoms with Crippen LogP contribution < -0.4 is 10.1 Å². The van der Waals surface area contributed by atoms with E-state index in [0.29, 0.717) is 17.4 Å². The molecule has 2 N–H and O–H groups in total. The van der Waals surface area contributed by atoms with Crippen molar-refractivity contribution in [2.24, 2.45) is 11.8 Å². The standard InChI is InChI=1S/C19H23NO4/c1-4-12(2)13(3)19(23)20-16-9-10-17(24-11-18(21)22)15-8-6-5-7-14(15)16/h5-10,12-13H,4,11H2,1-3H3,(H,20,23)(H,21,22). The van der Waals surface area contributed by atoms with E-state index in [4.69, 9.17) is 9.84 Å². The number of fused-ring (bicyclic) bond motifs is 1. The van der Waals surface area contributed by atoms with E-state index in [1.165, 1.54) is 0 Å². The normalized spacial score (nSPS) is 13.3. The molecule has 0 aromatic heterocycles. The molecule has 0 heterocycles. The Morgan fingerprint density at radius 3 is 2.42 bits per heavy atom. The van der Waals surface area contributed by atoms with Gasteiger partial charge in [-0.05, 0) is 18.1 Å². The largest absolute Gasteiger partial charge is 0.481 e. The van der Waals surface area contributed by atoms with Crippen LogP contribution in [0.1, 0.15) is 27.2 Å². The second-order valence-corrected chi connectivity index (χ2v) is 6.00. The van der Waals surface area contributed by atoms with Crippen LogP contribution in [0.5, 0.6) is 5.75 Å². The van der Waals surface area contributed by atoms with Crippen LogP contribution in [0.3, 0.4) is 0 Å². The average Bonchev–Trinajstić information content (AvgIpc) is 2.59. The smallest absolute Gasteiger partial charge is 0.341 e. The Bertz CT molecular complexity index is 741. The van der Waals surface area contributed by atoms with Crippen LogP contribution in [0.15, 0.2) is 36.4 Å². The Labute approximate surface area is 141 Å². The molecule has 0 spiro atoms. The minimum Gasteiger partial charge on any atom is -0.481 e. The van der Waals surface area contributed by atoms with Gasteiger partial charge in [-0.3, -0.25) is 4.79 Å². The molecular weight excluding hydrogens is 306 g/mol. The zero-order valence-electron chi connectivity index (χ0n) is 14.2. The summed E-state index contributed by atoms with van der Waals surface area (Å²) in [7, 11) is 0. The van der Waals surface area contributed by atoms with Gasteiger partial charge in [-0.15, -0.1) is 0 Å². The molecule has 0 saturated heterocycles. The van der Waals surface area contributed by atoms with Gasteiger partial charge < -0.3 is 15.2 Å². The number of aliphatic carboxylic acids is 1. The van der Waals surface area contributed by atoms with E-state index in [2.05, 4.69) is 19.2 Å². The number of carboxylic acids is 1. The maximum Gasteiger partial charge on any atom is 0.341 e. The number of amides is 1. The van der Waals surface area contributed by atoms with Crippen molar-refractivity contribution in [2.45, 2.75) is 27.2 Å². The van der Waals surface area contributed by atoms with Crippen LogP contribution >= 0.6 is 0 Å². The molecule has 0 bridgehead atoms. The van der Waals surface area contributed by atoms with Gasteiger partial charge in [-0.2, -0.15) is 0 Å². The summed E-state index contributed by atoms with van der Waals surface area (Å²) in [5.41, 5.74) is 0.702. The Morgan fingerprint density at radius 1 is 1.12 bits per heavy atom. The van der Waals surface area contributed by atoms with Crippen molar-refractivity contribution in [3.8, 4) is 5.75 Å². The van der Waals surface area contributed by atoms with E-state index < -0.39 is 12.6 Å². The number of hydrogen-bond acceptors (Lipinski definition) is 3. The molecule has 0 aliphatic rings. The molecule has 2 rings (SSSR count). The van der Waals surface area contributed by atoms with Crippen LogP contribution in [-0.2, 0) is 9.59 Å². The number of hydrogen-bond donors (Lipinski definition) is 2. The zero-order chi connectivity index (χ0) is 17.7. The first-order valence-electron chi connectivity index (χ1n) is 8.11. The maximum absolute atomic E-state index is 12.4. The first-order valence-corrected chi connectivity index (χ1v) is 8.11. The van der Waals surface area contributed by atoms with Gasteiger partial charge in [-0.25, -0.2) is 4.79 Å². The van der Waals surface area contributed by atoms with Gasteiger partial charge in [0.1, 0.15) is 5.75 Å². The van der Waals surface area contributed by atoms with E-state index in [0.717, 1.165) is 17.2 Å². The monoisotopic (exact) mass is 329 g/mol. The number of carboxylic acid groups (broad SMARTS) is 1. The molecule has 5 nitrogen and oxygen atoms in total. The molecule has 0 aliphatic carbocycles. The van der Waals surface area contributed by atoms with Gasteiger partial charge >= 0.3 is 5.97 Å². The SMILES string of the molecule is CCC(C)C(C)C(=O)Nc1ccc(OCC(=O)O)c2ccccc12. The highest BCUT2D eigenvalue weighted by atomic mass is 16.5. The Balaban J connectivity index is 2.30. The summed E-state index contributed by atoms with van der Waals surface area (Å²) in [5.74, 6) is -0.348. The van der Waals surface area contributed by atoms with Gasteiger partial charge in [0.15, 0.2) is 6.61 Å². The number of anilines is 1. The van der Waals surface area contributed by atoms with Crippen LogP contribution in [0.4, 0.5) is 5.69 Å². The molecule has 24 heavy (non-hydrogen) atoms. The third-order valence-electron chi connectivity index (χ3n) is 4.40. The number of rotatable bonds is 7. The third-order valence-corrected chi connectivity index (χ3v) is 4.40.